The molecule has 0 aromatic carbocycles. The predicted octanol–water partition coefficient (Wildman–Crippen LogP) is 2.04. The van der Waals surface area contributed by atoms with Crippen LogP contribution in [0.1, 0.15) is 20.3 Å². The van der Waals surface area contributed by atoms with Crippen LogP contribution in [-0.2, 0) is 0 Å². The van der Waals surface area contributed by atoms with Gasteiger partial charge in [0.15, 0.2) is 0 Å². The van der Waals surface area contributed by atoms with E-state index in [1.54, 1.807) is 0 Å². The van der Waals surface area contributed by atoms with Crippen LogP contribution in [0.4, 0.5) is 0 Å². The molecule has 0 aliphatic heterocycles. The van der Waals surface area contributed by atoms with Crippen molar-refractivity contribution in [2.75, 3.05) is 19.6 Å². The number of hydrogen-bond donors (Lipinski definition) is 2. The molecule has 0 heterocycles. The number of nitrogens with two attached hydrogens (primary N) is 1. The normalized spacial score (nSPS) is 12.0. The van der Waals surface area contributed by atoms with Crippen molar-refractivity contribution in [1.29, 1.82) is 0 Å². The summed E-state index contributed by atoms with van der Waals surface area (Å²) in [4.78, 5) is 0. The van der Waals surface area contributed by atoms with Crippen LogP contribution in [0, 0.1) is 0 Å². The van der Waals surface area contributed by atoms with Crippen molar-refractivity contribution in [2.24, 2.45) is 5.73 Å². The largest absolute Gasteiger partial charge is 0.329 e. The average molecular weight is 202 g/mol. The predicted molar refractivity (Wildman–Crippen MR) is 63.9 cm³/mol. The smallest absolute Gasteiger partial charge is 0.0499 e. The summed E-state index contributed by atoms with van der Waals surface area (Å²) in [5.41, 5.74) is 5.40. The number of hydrogen-bond acceptors (Lipinski definition) is 2. The maximum absolute atomic E-state index is 5.40. The van der Waals surface area contributed by atoms with Crippen LogP contribution in [0.25, 0.3) is 0 Å². The lowest BCUT2D eigenvalue weighted by atomic mass is 10.5. The summed E-state index contributed by atoms with van der Waals surface area (Å²) in [5, 5.41) is 3.35. The van der Waals surface area contributed by atoms with E-state index in [9.17, 15) is 0 Å². The van der Waals surface area contributed by atoms with Gasteiger partial charge in [-0.15, -0.1) is 0 Å². The van der Waals surface area contributed by atoms with Crippen LogP contribution >= 0.6 is 0 Å². The second kappa shape index (κ2) is 7.53. The highest BCUT2D eigenvalue weighted by atomic mass is 28.3. The van der Waals surface area contributed by atoms with Crippen molar-refractivity contribution in [1.82, 2.24) is 5.32 Å². The summed E-state index contributed by atoms with van der Waals surface area (Å²) < 4.78 is 0. The van der Waals surface area contributed by atoms with Gasteiger partial charge in [-0.05, 0) is 13.0 Å². The molecule has 3 N–H and O–H groups in total. The van der Waals surface area contributed by atoms with Gasteiger partial charge in [0, 0.05) is 21.2 Å². The van der Waals surface area contributed by atoms with Crippen molar-refractivity contribution in [2.45, 2.75) is 44.9 Å². The lowest BCUT2D eigenvalue weighted by Crippen LogP contribution is -2.30. The van der Waals surface area contributed by atoms with Crippen LogP contribution in [-0.4, -0.2) is 27.7 Å². The third kappa shape index (κ3) is 6.24. The van der Waals surface area contributed by atoms with E-state index >= 15 is 0 Å². The molecule has 3 heteroatoms. The Morgan fingerprint density at radius 1 is 1.15 bits per heavy atom. The van der Waals surface area contributed by atoms with Gasteiger partial charge in [-0.2, -0.15) is 0 Å². The lowest BCUT2D eigenvalue weighted by Gasteiger charge is -2.23. The Morgan fingerprint density at radius 3 is 2.23 bits per heavy atom. The molecular weight excluding hydrogens is 176 g/mol. The topological polar surface area (TPSA) is 38.0 Å². The minimum Gasteiger partial charge on any atom is -0.329 e. The van der Waals surface area contributed by atoms with Crippen molar-refractivity contribution < 1.29 is 0 Å². The molecule has 0 rings (SSSR count). The minimum absolute atomic E-state index is 0.760. The van der Waals surface area contributed by atoms with E-state index in [1.165, 1.54) is 24.6 Å². The zero-order valence-corrected chi connectivity index (χ0v) is 10.5. The first-order valence-corrected chi connectivity index (χ1v) is 8.71. The number of rotatable bonds is 8. The zero-order valence-electron chi connectivity index (χ0n) is 9.53. The van der Waals surface area contributed by atoms with E-state index in [-0.39, 0.29) is 0 Å². The van der Waals surface area contributed by atoms with Crippen LogP contribution in [0.5, 0.6) is 0 Å². The Kier molecular flexibility index (Phi) is 7.61. The fraction of sp³-hybridized carbons (Fsp3) is 1.00. The number of nitrogens with one attached hydrogen (secondary N) is 1. The van der Waals surface area contributed by atoms with Gasteiger partial charge in [0.2, 0.25) is 0 Å². The van der Waals surface area contributed by atoms with Gasteiger partial charge in [-0.25, -0.2) is 0 Å². The first kappa shape index (κ1) is 13.1. The SMILES string of the molecule is CC[Si](C)(CC)CCCNCCN. The van der Waals surface area contributed by atoms with E-state index in [4.69, 9.17) is 5.73 Å². The molecule has 0 saturated carbocycles. The highest BCUT2D eigenvalue weighted by Gasteiger charge is 2.20. The maximum atomic E-state index is 5.40. The first-order chi connectivity index (χ1) is 6.18. The summed E-state index contributed by atoms with van der Waals surface area (Å²) in [6, 6.07) is 4.33. The lowest BCUT2D eigenvalue weighted by molar-refractivity contribution is 0.673. The van der Waals surface area contributed by atoms with E-state index in [0.717, 1.165) is 19.6 Å². The van der Waals surface area contributed by atoms with Crippen molar-refractivity contribution in [3.8, 4) is 0 Å². The fourth-order valence-electron chi connectivity index (χ4n) is 1.47. The monoisotopic (exact) mass is 202 g/mol. The highest BCUT2D eigenvalue weighted by molar-refractivity contribution is 6.78. The molecule has 0 aromatic rings. The third-order valence-electron chi connectivity index (χ3n) is 3.16. The van der Waals surface area contributed by atoms with Gasteiger partial charge in [-0.3, -0.25) is 0 Å². The Bertz CT molecular complexity index is 113. The van der Waals surface area contributed by atoms with Gasteiger partial charge in [0.25, 0.3) is 0 Å². The molecule has 0 aliphatic rings. The van der Waals surface area contributed by atoms with Crippen LogP contribution in [0.3, 0.4) is 0 Å². The van der Waals surface area contributed by atoms with Crippen LogP contribution < -0.4 is 11.1 Å². The molecule has 0 radical (unpaired) electrons. The van der Waals surface area contributed by atoms with Gasteiger partial charge in [0.05, 0.1) is 0 Å². The molecule has 0 atom stereocenters. The van der Waals surface area contributed by atoms with Gasteiger partial charge in [-0.1, -0.05) is 38.5 Å². The van der Waals surface area contributed by atoms with Crippen molar-refractivity contribution in [3.63, 3.8) is 0 Å². The molecule has 0 unspecified atom stereocenters. The van der Waals surface area contributed by atoms with Crippen LogP contribution in [0.2, 0.25) is 24.7 Å². The molecule has 80 valence electrons. The van der Waals surface area contributed by atoms with Gasteiger partial charge in [0.1, 0.15) is 0 Å². The molecule has 0 fully saturated rings. The second-order valence-corrected chi connectivity index (χ2v) is 9.70. The average Bonchev–Trinajstić information content (AvgIpc) is 2.17. The molecule has 2 nitrogen and oxygen atoms in total. The van der Waals surface area contributed by atoms with E-state index < -0.39 is 8.07 Å². The summed E-state index contributed by atoms with van der Waals surface area (Å²) in [7, 11) is -0.829. The standard InChI is InChI=1S/C10H26N2Si/c1-4-13(3,5-2)10-6-8-12-9-7-11/h12H,4-11H2,1-3H3. The molecule has 0 saturated heterocycles. The Morgan fingerprint density at radius 2 is 1.77 bits per heavy atom. The van der Waals surface area contributed by atoms with Crippen molar-refractivity contribution >= 4 is 8.07 Å². The Hall–Kier alpha value is 0.137. The summed E-state index contributed by atoms with van der Waals surface area (Å²) in [6.07, 6.45) is 1.34. The Labute approximate surface area is 84.3 Å². The first-order valence-electron chi connectivity index (χ1n) is 5.59. The molecule has 0 amide bonds. The summed E-state index contributed by atoms with van der Waals surface area (Å²) in [6.45, 7) is 10.1. The molecule has 0 aliphatic carbocycles. The van der Waals surface area contributed by atoms with Gasteiger partial charge >= 0.3 is 0 Å². The minimum atomic E-state index is -0.829. The molecule has 0 spiro atoms. The zero-order chi connectivity index (χ0) is 10.2. The molecule has 0 aromatic heterocycles. The maximum Gasteiger partial charge on any atom is 0.0499 e. The van der Waals surface area contributed by atoms with Crippen LogP contribution in [0.15, 0.2) is 0 Å². The van der Waals surface area contributed by atoms with Gasteiger partial charge < -0.3 is 11.1 Å². The molecular formula is C10H26N2Si. The van der Waals surface area contributed by atoms with E-state index in [2.05, 4.69) is 25.7 Å². The second-order valence-electron chi connectivity index (χ2n) is 4.16. The summed E-state index contributed by atoms with van der Waals surface area (Å²) in [5.74, 6) is 0. The van der Waals surface area contributed by atoms with Crippen molar-refractivity contribution in [3.05, 3.63) is 0 Å². The Balaban J connectivity index is 3.39. The quantitative estimate of drug-likeness (QED) is 0.467. The summed E-state index contributed by atoms with van der Waals surface area (Å²) >= 11 is 0. The molecule has 13 heavy (non-hydrogen) atoms. The van der Waals surface area contributed by atoms with E-state index in [1.807, 2.05) is 0 Å². The fourth-order valence-corrected chi connectivity index (χ4v) is 3.71. The highest BCUT2D eigenvalue weighted by Crippen LogP contribution is 2.21. The third-order valence-corrected chi connectivity index (χ3v) is 8.14. The van der Waals surface area contributed by atoms with E-state index in [0.29, 0.717) is 0 Å². The molecule has 0 bridgehead atoms.